The first-order valence-electron chi connectivity index (χ1n) is 5.75. The third-order valence-electron chi connectivity index (χ3n) is 2.65. The number of nitrogens with one attached hydrogen (secondary N) is 2. The SMILES string of the molecule is COC(=O)c1cc(Br)cc(Br)c1NC(=O)c1cc(N)c[nH]1. The Morgan fingerprint density at radius 1 is 1.29 bits per heavy atom. The molecule has 0 spiro atoms. The van der Waals surface area contributed by atoms with Crippen molar-refractivity contribution < 1.29 is 14.3 Å². The summed E-state index contributed by atoms with van der Waals surface area (Å²) >= 11 is 6.60. The van der Waals surface area contributed by atoms with Crippen LogP contribution in [0.5, 0.6) is 0 Å². The monoisotopic (exact) mass is 415 g/mol. The molecule has 6 nitrogen and oxygen atoms in total. The summed E-state index contributed by atoms with van der Waals surface area (Å²) in [6.07, 6.45) is 1.51. The second-order valence-corrected chi connectivity index (χ2v) is 5.87. The number of rotatable bonds is 3. The Kier molecular flexibility index (Phi) is 4.69. The summed E-state index contributed by atoms with van der Waals surface area (Å²) in [5.41, 5.74) is 6.85. The number of methoxy groups -OCH3 is 1. The molecule has 21 heavy (non-hydrogen) atoms. The fourth-order valence-electron chi connectivity index (χ4n) is 1.69. The van der Waals surface area contributed by atoms with Crippen molar-refractivity contribution in [2.24, 2.45) is 0 Å². The van der Waals surface area contributed by atoms with Crippen LogP contribution >= 0.6 is 31.9 Å². The minimum atomic E-state index is -0.557. The van der Waals surface area contributed by atoms with E-state index in [2.05, 4.69) is 42.2 Å². The van der Waals surface area contributed by atoms with E-state index in [0.717, 1.165) is 0 Å². The van der Waals surface area contributed by atoms with Gasteiger partial charge in [-0.25, -0.2) is 4.79 Å². The molecular weight excluding hydrogens is 406 g/mol. The van der Waals surface area contributed by atoms with Crippen molar-refractivity contribution in [2.45, 2.75) is 0 Å². The molecule has 0 saturated heterocycles. The van der Waals surface area contributed by atoms with Gasteiger partial charge < -0.3 is 20.8 Å². The summed E-state index contributed by atoms with van der Waals surface area (Å²) in [5.74, 6) is -0.974. The Morgan fingerprint density at radius 2 is 2.00 bits per heavy atom. The van der Waals surface area contributed by atoms with Crippen LogP contribution < -0.4 is 11.1 Å². The van der Waals surface area contributed by atoms with Crippen LogP contribution in [-0.2, 0) is 4.74 Å². The maximum absolute atomic E-state index is 12.1. The van der Waals surface area contributed by atoms with Crippen molar-refractivity contribution >= 4 is 55.1 Å². The average molecular weight is 417 g/mol. The fourth-order valence-corrected chi connectivity index (χ4v) is 3.02. The number of amides is 1. The molecule has 1 aromatic carbocycles. The third kappa shape index (κ3) is 3.45. The fraction of sp³-hybridized carbons (Fsp3) is 0.0769. The average Bonchev–Trinajstić information content (AvgIpc) is 2.87. The zero-order chi connectivity index (χ0) is 15.6. The summed E-state index contributed by atoms with van der Waals surface area (Å²) in [5, 5.41) is 2.66. The van der Waals surface area contributed by atoms with Crippen molar-refractivity contribution in [1.29, 1.82) is 0 Å². The lowest BCUT2D eigenvalue weighted by Gasteiger charge is -2.12. The van der Waals surface area contributed by atoms with Gasteiger partial charge in [-0.15, -0.1) is 0 Å². The number of H-pyrrole nitrogens is 1. The highest BCUT2D eigenvalue weighted by atomic mass is 79.9. The largest absolute Gasteiger partial charge is 0.465 e. The normalized spacial score (nSPS) is 10.2. The molecule has 1 heterocycles. The molecule has 0 saturated carbocycles. The topological polar surface area (TPSA) is 97.2 Å². The van der Waals surface area contributed by atoms with Gasteiger partial charge in [0.2, 0.25) is 0 Å². The first kappa shape index (κ1) is 15.6. The maximum atomic E-state index is 12.1. The summed E-state index contributed by atoms with van der Waals surface area (Å²) in [6, 6.07) is 4.78. The number of anilines is 2. The van der Waals surface area contributed by atoms with E-state index in [-0.39, 0.29) is 11.3 Å². The summed E-state index contributed by atoms with van der Waals surface area (Å²) in [6.45, 7) is 0. The second-order valence-electron chi connectivity index (χ2n) is 4.10. The van der Waals surface area contributed by atoms with Crippen molar-refractivity contribution in [2.75, 3.05) is 18.2 Å². The number of carbonyl (C=O) groups is 2. The third-order valence-corrected chi connectivity index (χ3v) is 3.73. The first-order chi connectivity index (χ1) is 9.92. The van der Waals surface area contributed by atoms with Gasteiger partial charge >= 0.3 is 5.97 Å². The van der Waals surface area contributed by atoms with Crippen LogP contribution in [0, 0.1) is 0 Å². The molecule has 110 valence electrons. The Labute approximate surface area is 137 Å². The van der Waals surface area contributed by atoms with Gasteiger partial charge in [-0.1, -0.05) is 15.9 Å². The van der Waals surface area contributed by atoms with Crippen LogP contribution in [0.4, 0.5) is 11.4 Å². The summed E-state index contributed by atoms with van der Waals surface area (Å²) in [7, 11) is 1.27. The summed E-state index contributed by atoms with van der Waals surface area (Å²) < 4.78 is 5.94. The Bertz CT molecular complexity index is 713. The molecule has 1 amide bonds. The molecule has 0 bridgehead atoms. The number of carbonyl (C=O) groups excluding carboxylic acids is 2. The van der Waals surface area contributed by atoms with Gasteiger partial charge in [-0.3, -0.25) is 4.79 Å². The van der Waals surface area contributed by atoms with Crippen molar-refractivity contribution in [1.82, 2.24) is 4.98 Å². The lowest BCUT2D eigenvalue weighted by molar-refractivity contribution is 0.0602. The summed E-state index contributed by atoms with van der Waals surface area (Å²) in [4.78, 5) is 26.7. The van der Waals surface area contributed by atoms with Gasteiger partial charge in [0, 0.05) is 20.8 Å². The highest BCUT2D eigenvalue weighted by Gasteiger charge is 2.19. The lowest BCUT2D eigenvalue weighted by atomic mass is 10.1. The minimum absolute atomic E-state index is 0.228. The highest BCUT2D eigenvalue weighted by Crippen LogP contribution is 2.31. The van der Waals surface area contributed by atoms with E-state index < -0.39 is 11.9 Å². The van der Waals surface area contributed by atoms with Crippen molar-refractivity contribution in [3.63, 3.8) is 0 Å². The number of benzene rings is 1. The lowest BCUT2D eigenvalue weighted by Crippen LogP contribution is -2.16. The molecule has 0 unspecified atom stereocenters. The zero-order valence-electron chi connectivity index (χ0n) is 10.9. The molecule has 2 rings (SSSR count). The van der Waals surface area contributed by atoms with Crippen LogP contribution in [0.3, 0.4) is 0 Å². The number of hydrogen-bond acceptors (Lipinski definition) is 4. The van der Waals surface area contributed by atoms with Crippen LogP contribution in [0.25, 0.3) is 0 Å². The van der Waals surface area contributed by atoms with E-state index in [0.29, 0.717) is 20.3 Å². The standard InChI is InChI=1S/C13H11Br2N3O3/c1-21-13(20)8-2-6(14)3-9(15)11(8)18-12(19)10-4-7(16)5-17-10/h2-5,17H,16H2,1H3,(H,18,19). The Morgan fingerprint density at radius 3 is 2.57 bits per heavy atom. The molecule has 0 aliphatic carbocycles. The van der Waals surface area contributed by atoms with E-state index in [1.54, 1.807) is 12.1 Å². The Balaban J connectivity index is 2.39. The number of esters is 1. The van der Waals surface area contributed by atoms with E-state index in [1.807, 2.05) is 0 Å². The molecule has 1 aromatic heterocycles. The van der Waals surface area contributed by atoms with Gasteiger partial charge in [0.1, 0.15) is 5.69 Å². The molecule has 8 heteroatoms. The molecule has 0 aliphatic heterocycles. The van der Waals surface area contributed by atoms with Crippen molar-refractivity contribution in [3.05, 3.63) is 44.6 Å². The van der Waals surface area contributed by atoms with Crippen LogP contribution in [0.15, 0.2) is 33.3 Å². The molecular formula is C13H11Br2N3O3. The number of aromatic amines is 1. The number of aromatic nitrogens is 1. The van der Waals surface area contributed by atoms with Gasteiger partial charge in [0.05, 0.1) is 18.4 Å². The van der Waals surface area contributed by atoms with Crippen molar-refractivity contribution in [3.8, 4) is 0 Å². The zero-order valence-corrected chi connectivity index (χ0v) is 14.0. The smallest absolute Gasteiger partial charge is 0.340 e. The Hall–Kier alpha value is -1.80. The number of halogens is 2. The minimum Gasteiger partial charge on any atom is -0.465 e. The van der Waals surface area contributed by atoms with Gasteiger partial charge in [0.15, 0.2) is 0 Å². The van der Waals surface area contributed by atoms with Crippen LogP contribution in [0.1, 0.15) is 20.8 Å². The van der Waals surface area contributed by atoms with E-state index in [9.17, 15) is 9.59 Å². The molecule has 2 aromatic rings. The van der Waals surface area contributed by atoms with E-state index in [1.165, 1.54) is 19.4 Å². The molecule has 0 aliphatic rings. The molecule has 0 fully saturated rings. The number of nitrogens with two attached hydrogens (primary N) is 1. The van der Waals surface area contributed by atoms with Crippen LogP contribution in [0.2, 0.25) is 0 Å². The quantitative estimate of drug-likeness (QED) is 0.669. The molecule has 0 atom stereocenters. The molecule has 0 radical (unpaired) electrons. The number of ether oxygens (including phenoxy) is 1. The van der Waals surface area contributed by atoms with E-state index >= 15 is 0 Å². The molecule has 4 N–H and O–H groups in total. The number of nitrogen functional groups attached to an aromatic ring is 1. The second kappa shape index (κ2) is 6.31. The number of hydrogen-bond donors (Lipinski definition) is 3. The highest BCUT2D eigenvalue weighted by molar-refractivity contribution is 9.11. The van der Waals surface area contributed by atoms with Gasteiger partial charge in [-0.05, 0) is 34.1 Å². The van der Waals surface area contributed by atoms with Gasteiger partial charge in [0.25, 0.3) is 5.91 Å². The predicted molar refractivity (Wildman–Crippen MR) is 86.3 cm³/mol. The van der Waals surface area contributed by atoms with E-state index in [4.69, 9.17) is 10.5 Å². The predicted octanol–water partition coefficient (Wildman–Crippen LogP) is 3.16. The van der Waals surface area contributed by atoms with Crippen LogP contribution in [-0.4, -0.2) is 24.0 Å². The first-order valence-corrected chi connectivity index (χ1v) is 7.33. The maximum Gasteiger partial charge on any atom is 0.340 e. The van der Waals surface area contributed by atoms with Gasteiger partial charge in [-0.2, -0.15) is 0 Å².